The minimum Gasteiger partial charge on any atom is -0.492 e. The zero-order chi connectivity index (χ0) is 19.9. The second-order valence-electron chi connectivity index (χ2n) is 7.32. The van der Waals surface area contributed by atoms with Gasteiger partial charge >= 0.3 is 0 Å². The van der Waals surface area contributed by atoms with Crippen LogP contribution in [0.3, 0.4) is 0 Å². The maximum absolute atomic E-state index is 12.4. The van der Waals surface area contributed by atoms with E-state index in [0.29, 0.717) is 24.2 Å². The van der Waals surface area contributed by atoms with Crippen LogP contribution in [0.25, 0.3) is 0 Å². The van der Waals surface area contributed by atoms with Gasteiger partial charge < -0.3 is 15.6 Å². The van der Waals surface area contributed by atoms with E-state index in [4.69, 9.17) is 10.5 Å². The lowest BCUT2D eigenvalue weighted by molar-refractivity contribution is 0.0980. The average Bonchev–Trinajstić information content (AvgIpc) is 2.69. The highest BCUT2D eigenvalue weighted by atomic mass is 16.5. The van der Waals surface area contributed by atoms with E-state index in [2.05, 4.69) is 32.0 Å². The van der Waals surface area contributed by atoms with Crippen molar-refractivity contribution >= 4 is 5.78 Å². The number of rotatable bonds is 10. The molecule has 2 rings (SSSR count). The van der Waals surface area contributed by atoms with Crippen LogP contribution < -0.4 is 10.5 Å². The minimum absolute atomic E-state index is 0.125. The van der Waals surface area contributed by atoms with Crippen molar-refractivity contribution in [2.75, 3.05) is 13.2 Å². The quantitative estimate of drug-likeness (QED) is 0.621. The zero-order valence-electron chi connectivity index (χ0n) is 16.6. The average molecular weight is 370 g/mol. The molecule has 4 heteroatoms. The van der Waals surface area contributed by atoms with E-state index < -0.39 is 5.54 Å². The fourth-order valence-corrected chi connectivity index (χ4v) is 2.89. The van der Waals surface area contributed by atoms with E-state index in [1.807, 2.05) is 6.92 Å². The van der Waals surface area contributed by atoms with E-state index in [1.54, 1.807) is 24.3 Å². The molecule has 2 aromatic rings. The number of aliphatic hydroxyl groups is 1. The van der Waals surface area contributed by atoms with Crippen LogP contribution in [0.5, 0.6) is 5.75 Å². The van der Waals surface area contributed by atoms with Crippen LogP contribution in [-0.2, 0) is 6.42 Å². The molecule has 0 aliphatic rings. The largest absolute Gasteiger partial charge is 0.492 e. The van der Waals surface area contributed by atoms with E-state index in [0.717, 1.165) is 12.8 Å². The number of ether oxygens (including phenoxy) is 1. The smallest absolute Gasteiger partial charge is 0.162 e. The molecule has 0 fully saturated rings. The summed E-state index contributed by atoms with van der Waals surface area (Å²) in [6.45, 7) is 6.28. The van der Waals surface area contributed by atoms with E-state index in [1.165, 1.54) is 16.7 Å². The second kappa shape index (κ2) is 9.67. The number of aryl methyl sites for hydroxylation is 2. The molecule has 0 spiro atoms. The standard InChI is InChI=1S/C23H31NO3/c1-4-23(24,15-25)16-27-21-13-11-20(12-14-21)22(26)10-6-9-19-8-5-7-17(2)18(19)3/h5,7-8,11-14,25H,4,6,9-10,15-16,24H2,1-3H3. The number of carbonyl (C=O) groups excluding carboxylic acids is 1. The van der Waals surface area contributed by atoms with Crippen molar-refractivity contribution in [1.29, 1.82) is 0 Å². The molecule has 0 radical (unpaired) electrons. The lowest BCUT2D eigenvalue weighted by Gasteiger charge is -2.25. The molecule has 146 valence electrons. The summed E-state index contributed by atoms with van der Waals surface area (Å²) in [6, 6.07) is 13.5. The number of hydrogen-bond acceptors (Lipinski definition) is 4. The van der Waals surface area contributed by atoms with Crippen molar-refractivity contribution in [3.05, 3.63) is 64.7 Å². The normalized spacial score (nSPS) is 13.2. The van der Waals surface area contributed by atoms with Gasteiger partial charge in [0.25, 0.3) is 0 Å². The summed E-state index contributed by atoms with van der Waals surface area (Å²) in [5, 5.41) is 9.33. The first-order valence-electron chi connectivity index (χ1n) is 9.59. The molecule has 0 amide bonds. The van der Waals surface area contributed by atoms with Gasteiger partial charge in [0.15, 0.2) is 5.78 Å². The minimum atomic E-state index is -0.734. The molecule has 3 N–H and O–H groups in total. The molecule has 0 bridgehead atoms. The van der Waals surface area contributed by atoms with Crippen LogP contribution in [-0.4, -0.2) is 29.6 Å². The van der Waals surface area contributed by atoms with Gasteiger partial charge in [0, 0.05) is 12.0 Å². The topological polar surface area (TPSA) is 72.6 Å². The molecular formula is C23H31NO3. The lowest BCUT2D eigenvalue weighted by Crippen LogP contribution is -2.48. The summed E-state index contributed by atoms with van der Waals surface area (Å²) in [4.78, 5) is 12.4. The predicted molar refractivity (Wildman–Crippen MR) is 109 cm³/mol. The van der Waals surface area contributed by atoms with Gasteiger partial charge in [0.05, 0.1) is 12.1 Å². The molecule has 0 saturated heterocycles. The van der Waals surface area contributed by atoms with Crippen LogP contribution in [0.15, 0.2) is 42.5 Å². The maximum Gasteiger partial charge on any atom is 0.162 e. The molecule has 0 heterocycles. The highest BCUT2D eigenvalue weighted by Gasteiger charge is 2.22. The molecular weight excluding hydrogens is 338 g/mol. The predicted octanol–water partition coefficient (Wildman–Crippen LogP) is 3.99. The third-order valence-corrected chi connectivity index (χ3v) is 5.29. The summed E-state index contributed by atoms with van der Waals surface area (Å²) in [5.41, 5.74) is 9.90. The van der Waals surface area contributed by atoms with E-state index in [-0.39, 0.29) is 19.0 Å². The third-order valence-electron chi connectivity index (χ3n) is 5.29. The summed E-state index contributed by atoms with van der Waals surface area (Å²) in [7, 11) is 0. The first-order valence-corrected chi connectivity index (χ1v) is 9.59. The molecule has 2 aromatic carbocycles. The number of ketones is 1. The zero-order valence-corrected chi connectivity index (χ0v) is 16.6. The number of hydrogen-bond donors (Lipinski definition) is 2. The van der Waals surface area contributed by atoms with Crippen LogP contribution in [0, 0.1) is 13.8 Å². The number of aliphatic hydroxyl groups excluding tert-OH is 1. The Morgan fingerprint density at radius 1 is 1.15 bits per heavy atom. The summed E-state index contributed by atoms with van der Waals surface area (Å²) < 4.78 is 5.65. The highest BCUT2D eigenvalue weighted by Crippen LogP contribution is 2.18. The number of Topliss-reactive ketones (excluding diaryl/α,β-unsaturated/α-hetero) is 1. The monoisotopic (exact) mass is 369 g/mol. The van der Waals surface area contributed by atoms with Crippen molar-refractivity contribution < 1.29 is 14.6 Å². The Bertz CT molecular complexity index is 749. The van der Waals surface area contributed by atoms with Gasteiger partial charge in [-0.05, 0) is 74.1 Å². The Labute approximate surface area is 162 Å². The van der Waals surface area contributed by atoms with E-state index in [9.17, 15) is 9.90 Å². The van der Waals surface area contributed by atoms with Crippen molar-refractivity contribution in [1.82, 2.24) is 0 Å². The Hall–Kier alpha value is -2.17. The number of carbonyl (C=O) groups is 1. The first-order chi connectivity index (χ1) is 12.9. The summed E-state index contributed by atoms with van der Waals surface area (Å²) >= 11 is 0. The fourth-order valence-electron chi connectivity index (χ4n) is 2.89. The van der Waals surface area contributed by atoms with Crippen LogP contribution >= 0.6 is 0 Å². The van der Waals surface area contributed by atoms with Crippen molar-refractivity contribution in [3.63, 3.8) is 0 Å². The Morgan fingerprint density at radius 2 is 1.85 bits per heavy atom. The fraction of sp³-hybridized carbons (Fsp3) is 0.435. The van der Waals surface area contributed by atoms with Gasteiger partial charge in [-0.25, -0.2) is 0 Å². The van der Waals surface area contributed by atoms with Crippen LogP contribution in [0.4, 0.5) is 0 Å². The third kappa shape index (κ3) is 5.91. The molecule has 0 aliphatic carbocycles. The number of nitrogens with two attached hydrogens (primary N) is 1. The van der Waals surface area contributed by atoms with Crippen LogP contribution in [0.1, 0.15) is 53.2 Å². The van der Waals surface area contributed by atoms with Gasteiger partial charge in [0.1, 0.15) is 12.4 Å². The lowest BCUT2D eigenvalue weighted by atomic mass is 9.97. The molecule has 1 unspecified atom stereocenters. The molecule has 0 aliphatic heterocycles. The van der Waals surface area contributed by atoms with Gasteiger partial charge in [0.2, 0.25) is 0 Å². The van der Waals surface area contributed by atoms with Gasteiger partial charge in [-0.3, -0.25) is 4.79 Å². The molecule has 0 aromatic heterocycles. The molecule has 27 heavy (non-hydrogen) atoms. The van der Waals surface area contributed by atoms with Crippen molar-refractivity contribution in [3.8, 4) is 5.75 Å². The van der Waals surface area contributed by atoms with E-state index >= 15 is 0 Å². The van der Waals surface area contributed by atoms with Crippen molar-refractivity contribution in [2.24, 2.45) is 5.73 Å². The van der Waals surface area contributed by atoms with Gasteiger partial charge in [-0.2, -0.15) is 0 Å². The summed E-state index contributed by atoms with van der Waals surface area (Å²) in [6.07, 6.45) is 2.90. The Balaban J connectivity index is 1.85. The molecule has 4 nitrogen and oxygen atoms in total. The van der Waals surface area contributed by atoms with Gasteiger partial charge in [-0.15, -0.1) is 0 Å². The Kier molecular flexibility index (Phi) is 7.57. The first kappa shape index (κ1) is 21.1. The molecule has 0 saturated carbocycles. The highest BCUT2D eigenvalue weighted by molar-refractivity contribution is 5.96. The summed E-state index contributed by atoms with van der Waals surface area (Å²) in [5.74, 6) is 0.794. The molecule has 1 atom stereocenters. The SMILES string of the molecule is CCC(N)(CO)COc1ccc(C(=O)CCCc2cccc(C)c2C)cc1. The van der Waals surface area contributed by atoms with Crippen molar-refractivity contribution in [2.45, 2.75) is 52.0 Å². The second-order valence-corrected chi connectivity index (χ2v) is 7.32. The van der Waals surface area contributed by atoms with Crippen LogP contribution in [0.2, 0.25) is 0 Å². The number of benzene rings is 2. The van der Waals surface area contributed by atoms with Gasteiger partial charge in [-0.1, -0.05) is 25.1 Å². The maximum atomic E-state index is 12.4. The Morgan fingerprint density at radius 3 is 2.48 bits per heavy atom.